The van der Waals surface area contributed by atoms with Gasteiger partial charge in [0.1, 0.15) is 18.5 Å². The second kappa shape index (κ2) is 7.62. The molecule has 0 aliphatic carbocycles. The number of ether oxygens (including phenoxy) is 2. The van der Waals surface area contributed by atoms with E-state index in [1.54, 1.807) is 0 Å². The van der Waals surface area contributed by atoms with Crippen LogP contribution in [0.15, 0.2) is 18.2 Å². The molecule has 4 heteroatoms. The van der Waals surface area contributed by atoms with Crippen LogP contribution in [-0.4, -0.2) is 43.6 Å². The molecule has 1 aromatic rings. The highest BCUT2D eigenvalue weighted by molar-refractivity contribution is 5.35. The summed E-state index contributed by atoms with van der Waals surface area (Å²) in [5.74, 6) is 0.850. The lowest BCUT2D eigenvalue weighted by molar-refractivity contribution is 0.0880. The lowest BCUT2D eigenvalue weighted by atomic mass is 10.1. The van der Waals surface area contributed by atoms with Crippen molar-refractivity contribution in [2.24, 2.45) is 0 Å². The van der Waals surface area contributed by atoms with Crippen molar-refractivity contribution in [3.8, 4) is 5.75 Å². The standard InChI is InChI=1S/C16H25NO3/c1-12-5-6-13(2)16(8-12)20-11-14(18)9-17-10-15-4-3-7-19-15/h5-6,8,14-15,17-18H,3-4,7,9-11H2,1-2H3. The molecule has 0 aromatic heterocycles. The molecule has 4 nitrogen and oxygen atoms in total. The summed E-state index contributed by atoms with van der Waals surface area (Å²) in [6.45, 7) is 6.56. The van der Waals surface area contributed by atoms with Crippen LogP contribution >= 0.6 is 0 Å². The van der Waals surface area contributed by atoms with Gasteiger partial charge in [-0.15, -0.1) is 0 Å². The Kier molecular flexibility index (Phi) is 5.83. The van der Waals surface area contributed by atoms with Gasteiger partial charge < -0.3 is 19.9 Å². The average Bonchev–Trinajstić information content (AvgIpc) is 2.93. The molecule has 2 atom stereocenters. The first-order valence-electron chi connectivity index (χ1n) is 7.35. The maximum Gasteiger partial charge on any atom is 0.122 e. The van der Waals surface area contributed by atoms with Crippen LogP contribution < -0.4 is 10.1 Å². The molecular weight excluding hydrogens is 254 g/mol. The zero-order chi connectivity index (χ0) is 14.4. The number of rotatable bonds is 7. The molecule has 112 valence electrons. The van der Waals surface area contributed by atoms with Gasteiger partial charge in [-0.05, 0) is 43.9 Å². The summed E-state index contributed by atoms with van der Waals surface area (Å²) in [7, 11) is 0. The fourth-order valence-corrected chi connectivity index (χ4v) is 2.32. The Balaban J connectivity index is 1.66. The summed E-state index contributed by atoms with van der Waals surface area (Å²) in [6.07, 6.45) is 2.06. The highest BCUT2D eigenvalue weighted by atomic mass is 16.5. The van der Waals surface area contributed by atoms with Crippen LogP contribution in [0.2, 0.25) is 0 Å². The lowest BCUT2D eigenvalue weighted by Crippen LogP contribution is -2.35. The van der Waals surface area contributed by atoms with Crippen molar-refractivity contribution < 1.29 is 14.6 Å². The number of hydrogen-bond acceptors (Lipinski definition) is 4. The lowest BCUT2D eigenvalue weighted by Gasteiger charge is -2.16. The quantitative estimate of drug-likeness (QED) is 0.799. The third kappa shape index (κ3) is 4.78. The highest BCUT2D eigenvalue weighted by Gasteiger charge is 2.15. The van der Waals surface area contributed by atoms with Crippen LogP contribution in [-0.2, 0) is 4.74 Å². The van der Waals surface area contributed by atoms with Crippen LogP contribution in [0.3, 0.4) is 0 Å². The number of aliphatic hydroxyl groups is 1. The van der Waals surface area contributed by atoms with Crippen molar-refractivity contribution in [1.82, 2.24) is 5.32 Å². The van der Waals surface area contributed by atoms with E-state index in [9.17, 15) is 5.11 Å². The molecule has 1 heterocycles. The number of aliphatic hydroxyl groups excluding tert-OH is 1. The average molecular weight is 279 g/mol. The van der Waals surface area contributed by atoms with E-state index in [-0.39, 0.29) is 0 Å². The summed E-state index contributed by atoms with van der Waals surface area (Å²) in [5.41, 5.74) is 2.26. The first-order valence-corrected chi connectivity index (χ1v) is 7.35. The van der Waals surface area contributed by atoms with E-state index in [1.807, 2.05) is 26.0 Å². The van der Waals surface area contributed by atoms with Crippen LogP contribution in [0.5, 0.6) is 5.75 Å². The number of hydrogen-bond donors (Lipinski definition) is 2. The van der Waals surface area contributed by atoms with Crippen molar-refractivity contribution in [3.05, 3.63) is 29.3 Å². The minimum Gasteiger partial charge on any atom is -0.491 e. The van der Waals surface area contributed by atoms with Gasteiger partial charge in [0.2, 0.25) is 0 Å². The van der Waals surface area contributed by atoms with Crippen LogP contribution in [0.25, 0.3) is 0 Å². The molecule has 0 spiro atoms. The van der Waals surface area contributed by atoms with Crippen LogP contribution in [0, 0.1) is 13.8 Å². The van der Waals surface area contributed by atoms with E-state index in [0.29, 0.717) is 19.3 Å². The topological polar surface area (TPSA) is 50.7 Å². The normalized spacial score (nSPS) is 20.1. The minimum absolute atomic E-state index is 0.308. The number of benzene rings is 1. The van der Waals surface area contributed by atoms with Gasteiger partial charge in [-0.2, -0.15) is 0 Å². The molecule has 0 amide bonds. The Bertz CT molecular complexity index is 416. The molecule has 1 aliphatic heterocycles. The Morgan fingerprint density at radius 2 is 2.30 bits per heavy atom. The van der Waals surface area contributed by atoms with Crippen molar-refractivity contribution in [3.63, 3.8) is 0 Å². The zero-order valence-electron chi connectivity index (χ0n) is 12.4. The SMILES string of the molecule is Cc1ccc(C)c(OCC(O)CNCC2CCCO2)c1. The van der Waals surface area contributed by atoms with Gasteiger partial charge in [-0.25, -0.2) is 0 Å². The predicted octanol–water partition coefficient (Wildman–Crippen LogP) is 1.81. The van der Waals surface area contributed by atoms with Crippen molar-refractivity contribution in [1.29, 1.82) is 0 Å². The maximum absolute atomic E-state index is 9.92. The van der Waals surface area contributed by atoms with Gasteiger partial charge >= 0.3 is 0 Å². The third-order valence-electron chi connectivity index (χ3n) is 3.55. The van der Waals surface area contributed by atoms with Crippen molar-refractivity contribution in [2.75, 3.05) is 26.3 Å². The van der Waals surface area contributed by atoms with Gasteiger partial charge in [-0.3, -0.25) is 0 Å². The molecule has 20 heavy (non-hydrogen) atoms. The monoisotopic (exact) mass is 279 g/mol. The van der Waals surface area contributed by atoms with E-state index >= 15 is 0 Å². The summed E-state index contributed by atoms with van der Waals surface area (Å²) >= 11 is 0. The van der Waals surface area contributed by atoms with E-state index in [1.165, 1.54) is 0 Å². The van der Waals surface area contributed by atoms with E-state index in [2.05, 4.69) is 11.4 Å². The molecule has 1 saturated heterocycles. The van der Waals surface area contributed by atoms with Gasteiger partial charge in [0.25, 0.3) is 0 Å². The summed E-state index contributed by atoms with van der Waals surface area (Å²) < 4.78 is 11.2. The Hall–Kier alpha value is -1.10. The molecule has 1 aliphatic rings. The first kappa shape index (κ1) is 15.3. The van der Waals surface area contributed by atoms with Gasteiger partial charge in [0, 0.05) is 19.7 Å². The molecule has 0 radical (unpaired) electrons. The van der Waals surface area contributed by atoms with Crippen LogP contribution in [0.1, 0.15) is 24.0 Å². The van der Waals surface area contributed by atoms with E-state index in [4.69, 9.17) is 9.47 Å². The minimum atomic E-state index is -0.503. The fraction of sp³-hybridized carbons (Fsp3) is 0.625. The number of aryl methyl sites for hydroxylation is 2. The molecular formula is C16H25NO3. The van der Waals surface area contributed by atoms with Gasteiger partial charge in [0.15, 0.2) is 0 Å². The van der Waals surface area contributed by atoms with E-state index < -0.39 is 6.10 Å². The Labute approximate surface area is 121 Å². The third-order valence-corrected chi connectivity index (χ3v) is 3.55. The first-order chi connectivity index (χ1) is 9.65. The maximum atomic E-state index is 9.92. The van der Waals surface area contributed by atoms with Crippen LogP contribution in [0.4, 0.5) is 0 Å². The summed E-state index contributed by atoms with van der Waals surface area (Å²) in [5, 5.41) is 13.2. The second-order valence-corrected chi connectivity index (χ2v) is 5.53. The largest absolute Gasteiger partial charge is 0.491 e. The Morgan fingerprint density at radius 1 is 1.45 bits per heavy atom. The molecule has 2 unspecified atom stereocenters. The molecule has 1 fully saturated rings. The molecule has 2 N–H and O–H groups in total. The number of nitrogens with one attached hydrogen (secondary N) is 1. The predicted molar refractivity (Wildman–Crippen MR) is 79.3 cm³/mol. The highest BCUT2D eigenvalue weighted by Crippen LogP contribution is 2.19. The zero-order valence-corrected chi connectivity index (χ0v) is 12.4. The Morgan fingerprint density at radius 3 is 3.05 bits per heavy atom. The summed E-state index contributed by atoms with van der Waals surface area (Å²) in [6, 6.07) is 6.09. The molecule has 0 bridgehead atoms. The fourth-order valence-electron chi connectivity index (χ4n) is 2.32. The molecule has 2 rings (SSSR count). The van der Waals surface area contributed by atoms with E-state index in [0.717, 1.165) is 42.9 Å². The molecule has 1 aromatic carbocycles. The van der Waals surface area contributed by atoms with Crippen molar-refractivity contribution >= 4 is 0 Å². The summed E-state index contributed by atoms with van der Waals surface area (Å²) in [4.78, 5) is 0. The van der Waals surface area contributed by atoms with Gasteiger partial charge in [0.05, 0.1) is 6.10 Å². The van der Waals surface area contributed by atoms with Gasteiger partial charge in [-0.1, -0.05) is 12.1 Å². The van der Waals surface area contributed by atoms with Crippen molar-refractivity contribution in [2.45, 2.75) is 38.9 Å². The smallest absolute Gasteiger partial charge is 0.122 e. The molecule has 0 saturated carbocycles. The second-order valence-electron chi connectivity index (χ2n) is 5.53.